The van der Waals surface area contributed by atoms with Crippen LogP contribution in [0.25, 0.3) is 11.0 Å². The fraction of sp³-hybridized carbons (Fsp3) is 0.500. The first kappa shape index (κ1) is 13.4. The molecule has 0 bridgehead atoms. The average Bonchev–Trinajstić information content (AvgIpc) is 3.05. The number of benzene rings is 1. The predicted octanol–water partition coefficient (Wildman–Crippen LogP) is 2.05. The zero-order chi connectivity index (χ0) is 14.2. The number of nitrogen functional groups attached to an aromatic ring is 1. The molecule has 0 atom stereocenters. The molecule has 1 fully saturated rings. The summed E-state index contributed by atoms with van der Waals surface area (Å²) in [6.45, 7) is 0. The van der Waals surface area contributed by atoms with Crippen molar-refractivity contribution in [2.75, 3.05) is 11.5 Å². The Morgan fingerprint density at radius 1 is 1.30 bits per heavy atom. The van der Waals surface area contributed by atoms with E-state index in [-0.39, 0.29) is 11.0 Å². The van der Waals surface area contributed by atoms with Crippen LogP contribution < -0.4 is 5.73 Å². The molecule has 6 heteroatoms. The highest BCUT2D eigenvalue weighted by molar-refractivity contribution is 7.92. The van der Waals surface area contributed by atoms with Gasteiger partial charge >= 0.3 is 0 Å². The number of aryl methyl sites for hydroxylation is 1. The Morgan fingerprint density at radius 2 is 2.05 bits per heavy atom. The van der Waals surface area contributed by atoms with Crippen molar-refractivity contribution in [3.63, 3.8) is 0 Å². The number of fused-ring (bicyclic) bond motifs is 1. The predicted molar refractivity (Wildman–Crippen MR) is 80.3 cm³/mol. The number of nitrogens with zero attached hydrogens (tertiary/aromatic N) is 1. The molecule has 5 nitrogen and oxygen atoms in total. The molecule has 1 saturated carbocycles. The molecular formula is C14H19N3O2S. The number of nitrogens with two attached hydrogens (primary N) is 1. The molecule has 1 aliphatic rings. The highest BCUT2D eigenvalue weighted by Gasteiger charge is 2.28. The Balaban J connectivity index is 1.73. The fourth-order valence-corrected chi connectivity index (χ4v) is 4.71. The zero-order valence-corrected chi connectivity index (χ0v) is 12.1. The van der Waals surface area contributed by atoms with Crippen molar-refractivity contribution in [3.8, 4) is 0 Å². The number of anilines is 1. The van der Waals surface area contributed by atoms with Gasteiger partial charge in [0.05, 0.1) is 22.0 Å². The summed E-state index contributed by atoms with van der Waals surface area (Å²) in [4.78, 5) is 7.55. The van der Waals surface area contributed by atoms with Crippen molar-refractivity contribution < 1.29 is 8.42 Å². The van der Waals surface area contributed by atoms with E-state index >= 15 is 0 Å². The lowest BCUT2D eigenvalue weighted by molar-refractivity contribution is 0.578. The largest absolute Gasteiger partial charge is 0.399 e. The number of rotatable bonds is 4. The molecule has 3 rings (SSSR count). The van der Waals surface area contributed by atoms with Crippen LogP contribution in [-0.2, 0) is 16.3 Å². The first-order chi connectivity index (χ1) is 9.54. The lowest BCUT2D eigenvalue weighted by atomic mass is 10.3. The first-order valence-corrected chi connectivity index (χ1v) is 8.72. The first-order valence-electron chi connectivity index (χ1n) is 7.00. The van der Waals surface area contributed by atoms with Crippen LogP contribution in [0.3, 0.4) is 0 Å². The van der Waals surface area contributed by atoms with E-state index in [1.54, 1.807) is 6.07 Å². The molecule has 20 heavy (non-hydrogen) atoms. The second-order valence-electron chi connectivity index (χ2n) is 5.48. The molecule has 0 radical (unpaired) electrons. The van der Waals surface area contributed by atoms with Crippen LogP contribution >= 0.6 is 0 Å². The summed E-state index contributed by atoms with van der Waals surface area (Å²) in [6, 6.07) is 5.45. The summed E-state index contributed by atoms with van der Waals surface area (Å²) in [5.74, 6) is 0.889. The van der Waals surface area contributed by atoms with Crippen molar-refractivity contribution in [3.05, 3.63) is 24.0 Å². The minimum atomic E-state index is -2.99. The van der Waals surface area contributed by atoms with E-state index in [0.717, 1.165) is 36.7 Å². The van der Waals surface area contributed by atoms with Crippen LogP contribution in [0.5, 0.6) is 0 Å². The highest BCUT2D eigenvalue weighted by atomic mass is 32.2. The third-order valence-electron chi connectivity index (χ3n) is 3.99. The van der Waals surface area contributed by atoms with Gasteiger partial charge in [-0.15, -0.1) is 0 Å². The molecule has 0 saturated heterocycles. The van der Waals surface area contributed by atoms with Gasteiger partial charge in [-0.25, -0.2) is 13.4 Å². The van der Waals surface area contributed by atoms with Crippen LogP contribution in [0.2, 0.25) is 0 Å². The smallest absolute Gasteiger partial charge is 0.153 e. The molecule has 0 aliphatic heterocycles. The van der Waals surface area contributed by atoms with Gasteiger partial charge in [0.25, 0.3) is 0 Å². The number of aromatic nitrogens is 2. The van der Waals surface area contributed by atoms with Gasteiger partial charge in [-0.1, -0.05) is 12.8 Å². The van der Waals surface area contributed by atoms with Gasteiger partial charge in [0.15, 0.2) is 9.84 Å². The minimum absolute atomic E-state index is 0.137. The number of imidazole rings is 1. The zero-order valence-electron chi connectivity index (χ0n) is 11.3. The SMILES string of the molecule is Nc1ccc2nc(CCS(=O)(=O)C3CCCC3)[nH]c2c1. The molecule has 2 aromatic rings. The normalized spacial score (nSPS) is 17.0. The van der Waals surface area contributed by atoms with Gasteiger partial charge < -0.3 is 10.7 Å². The molecular weight excluding hydrogens is 274 g/mol. The maximum Gasteiger partial charge on any atom is 0.153 e. The topological polar surface area (TPSA) is 88.8 Å². The average molecular weight is 293 g/mol. The Kier molecular flexibility index (Phi) is 3.41. The summed E-state index contributed by atoms with van der Waals surface area (Å²) in [5.41, 5.74) is 8.07. The van der Waals surface area contributed by atoms with Crippen LogP contribution in [0, 0.1) is 0 Å². The Labute approximate surface area is 118 Å². The number of nitrogens with one attached hydrogen (secondary N) is 1. The second kappa shape index (κ2) is 5.09. The molecule has 1 heterocycles. The number of H-pyrrole nitrogens is 1. The number of sulfone groups is 1. The van der Waals surface area contributed by atoms with E-state index in [1.165, 1.54) is 0 Å². The van der Waals surface area contributed by atoms with E-state index in [9.17, 15) is 8.42 Å². The van der Waals surface area contributed by atoms with E-state index < -0.39 is 9.84 Å². The summed E-state index contributed by atoms with van der Waals surface area (Å²) in [6.07, 6.45) is 4.15. The summed E-state index contributed by atoms with van der Waals surface area (Å²) in [5, 5.41) is -0.137. The van der Waals surface area contributed by atoms with E-state index in [0.29, 0.717) is 17.9 Å². The lowest BCUT2D eigenvalue weighted by Crippen LogP contribution is -2.22. The van der Waals surface area contributed by atoms with Crippen LogP contribution in [0.4, 0.5) is 5.69 Å². The molecule has 1 aliphatic carbocycles. The Bertz CT molecular complexity index is 715. The fourth-order valence-electron chi connectivity index (χ4n) is 2.85. The Morgan fingerprint density at radius 3 is 2.80 bits per heavy atom. The monoisotopic (exact) mass is 293 g/mol. The standard InChI is InChI=1S/C14H19N3O2S/c15-10-5-6-12-13(9-10)17-14(16-12)7-8-20(18,19)11-3-1-2-4-11/h5-6,9,11H,1-4,7-8,15H2,(H,16,17). The number of aromatic amines is 1. The highest BCUT2D eigenvalue weighted by Crippen LogP contribution is 2.25. The van der Waals surface area contributed by atoms with Gasteiger partial charge in [-0.3, -0.25) is 0 Å². The third kappa shape index (κ3) is 2.65. The van der Waals surface area contributed by atoms with Crippen LogP contribution in [0.15, 0.2) is 18.2 Å². The third-order valence-corrected chi connectivity index (χ3v) is 6.25. The summed E-state index contributed by atoms with van der Waals surface area (Å²) >= 11 is 0. The van der Waals surface area contributed by atoms with Gasteiger partial charge in [-0.2, -0.15) is 0 Å². The van der Waals surface area contributed by atoms with Crippen molar-refractivity contribution >= 4 is 26.6 Å². The Hall–Kier alpha value is -1.56. The van der Waals surface area contributed by atoms with E-state index in [1.807, 2.05) is 12.1 Å². The molecule has 0 unspecified atom stereocenters. The van der Waals surface area contributed by atoms with Gasteiger partial charge in [0.1, 0.15) is 5.82 Å². The molecule has 0 amide bonds. The van der Waals surface area contributed by atoms with Crippen LogP contribution in [-0.4, -0.2) is 29.4 Å². The lowest BCUT2D eigenvalue weighted by Gasteiger charge is -2.09. The van der Waals surface area contributed by atoms with Crippen molar-refractivity contribution in [1.29, 1.82) is 0 Å². The summed E-state index contributed by atoms with van der Waals surface area (Å²) < 4.78 is 24.4. The second-order valence-corrected chi connectivity index (χ2v) is 7.88. The van der Waals surface area contributed by atoms with Gasteiger partial charge in [0.2, 0.25) is 0 Å². The molecule has 108 valence electrons. The number of hydrogen-bond acceptors (Lipinski definition) is 4. The van der Waals surface area contributed by atoms with Gasteiger partial charge in [0, 0.05) is 12.1 Å². The van der Waals surface area contributed by atoms with E-state index in [4.69, 9.17) is 5.73 Å². The maximum atomic E-state index is 12.2. The van der Waals surface area contributed by atoms with Crippen molar-refractivity contribution in [2.24, 2.45) is 0 Å². The van der Waals surface area contributed by atoms with Crippen molar-refractivity contribution in [2.45, 2.75) is 37.4 Å². The van der Waals surface area contributed by atoms with Crippen molar-refractivity contribution in [1.82, 2.24) is 9.97 Å². The molecule has 3 N–H and O–H groups in total. The molecule has 1 aromatic carbocycles. The van der Waals surface area contributed by atoms with Crippen LogP contribution in [0.1, 0.15) is 31.5 Å². The van der Waals surface area contributed by atoms with Gasteiger partial charge in [-0.05, 0) is 31.0 Å². The quantitative estimate of drug-likeness (QED) is 0.844. The van der Waals surface area contributed by atoms with E-state index in [2.05, 4.69) is 9.97 Å². The maximum absolute atomic E-state index is 12.2. The molecule has 0 spiro atoms. The molecule has 1 aromatic heterocycles. The summed E-state index contributed by atoms with van der Waals surface area (Å²) in [7, 11) is -2.99. The number of hydrogen-bond donors (Lipinski definition) is 2. The minimum Gasteiger partial charge on any atom is -0.399 e.